The molecule has 1 rings (SSSR count). The monoisotopic (exact) mass is 111 g/mol. The summed E-state index contributed by atoms with van der Waals surface area (Å²) in [7, 11) is 0. The van der Waals surface area contributed by atoms with Crippen LogP contribution in [0.1, 0.15) is 26.7 Å². The number of carbonyl (C=O) groups excluding carboxylic acids is 1. The molecule has 0 amide bonds. The Labute approximate surface area is 50.1 Å². The van der Waals surface area contributed by atoms with Crippen molar-refractivity contribution in [2.24, 2.45) is 5.41 Å². The molecule has 0 heterocycles. The summed E-state index contributed by atoms with van der Waals surface area (Å²) in [5, 5.41) is 0. The second kappa shape index (κ2) is 1.57. The maximum absolute atomic E-state index is 10.8. The first kappa shape index (κ1) is 5.80. The van der Waals surface area contributed by atoms with E-state index in [1.807, 2.05) is 13.8 Å². The molecule has 1 aliphatic carbocycles. The van der Waals surface area contributed by atoms with Gasteiger partial charge in [0.05, 0.1) is 0 Å². The van der Waals surface area contributed by atoms with Gasteiger partial charge < -0.3 is 0 Å². The van der Waals surface area contributed by atoms with E-state index < -0.39 is 0 Å². The first-order valence-electron chi connectivity index (χ1n) is 3.00. The van der Waals surface area contributed by atoms with E-state index in [4.69, 9.17) is 0 Å². The summed E-state index contributed by atoms with van der Waals surface area (Å²) < 4.78 is 0. The van der Waals surface area contributed by atoms with Crippen LogP contribution in [0.25, 0.3) is 0 Å². The smallest absolute Gasteiger partial charge is 0.142 e. The Morgan fingerprint density at radius 3 is 2.38 bits per heavy atom. The van der Waals surface area contributed by atoms with Crippen molar-refractivity contribution in [2.45, 2.75) is 26.7 Å². The van der Waals surface area contributed by atoms with Crippen LogP contribution < -0.4 is 0 Å². The molecule has 1 nitrogen and oxygen atoms in total. The summed E-state index contributed by atoms with van der Waals surface area (Å²) in [6, 6.07) is 0. The summed E-state index contributed by atoms with van der Waals surface area (Å²) in [6.45, 7) is 4.00. The number of Topliss-reactive ketones (excluding diaryl/α,β-unsaturated/α-hetero) is 1. The van der Waals surface area contributed by atoms with Gasteiger partial charge in [-0.05, 0) is 12.8 Å². The predicted octanol–water partition coefficient (Wildman–Crippen LogP) is 1.58. The lowest BCUT2D eigenvalue weighted by Gasteiger charge is -2.12. The van der Waals surface area contributed by atoms with Crippen molar-refractivity contribution in [3.05, 3.63) is 6.42 Å². The molecule has 0 aromatic carbocycles. The molecular weight excluding hydrogens is 100 g/mol. The predicted molar refractivity (Wildman–Crippen MR) is 32.3 cm³/mol. The Kier molecular flexibility index (Phi) is 1.14. The third kappa shape index (κ3) is 0.770. The summed E-state index contributed by atoms with van der Waals surface area (Å²) in [4.78, 5) is 10.8. The molecule has 1 saturated carbocycles. The van der Waals surface area contributed by atoms with Gasteiger partial charge in [-0.2, -0.15) is 0 Å². The molecule has 0 aliphatic heterocycles. The quantitative estimate of drug-likeness (QED) is 0.464. The largest absolute Gasteiger partial charge is 0.299 e. The molecule has 0 atom stereocenters. The molecule has 1 heteroatoms. The average molecular weight is 111 g/mol. The maximum atomic E-state index is 10.8. The molecule has 45 valence electrons. The lowest BCUT2D eigenvalue weighted by Crippen LogP contribution is -2.15. The van der Waals surface area contributed by atoms with Gasteiger partial charge in [-0.25, -0.2) is 0 Å². The van der Waals surface area contributed by atoms with Crippen LogP contribution in [0.4, 0.5) is 0 Å². The van der Waals surface area contributed by atoms with Gasteiger partial charge in [0.1, 0.15) is 5.78 Å². The Morgan fingerprint density at radius 2 is 2.25 bits per heavy atom. The van der Waals surface area contributed by atoms with E-state index in [2.05, 4.69) is 0 Å². The molecule has 8 heavy (non-hydrogen) atoms. The number of ketones is 1. The third-order valence-corrected chi connectivity index (χ3v) is 1.77. The van der Waals surface area contributed by atoms with Crippen molar-refractivity contribution >= 4 is 5.78 Å². The molecule has 0 saturated heterocycles. The lowest BCUT2D eigenvalue weighted by atomic mass is 9.91. The fraction of sp³-hybridized carbons (Fsp3) is 0.714. The van der Waals surface area contributed by atoms with E-state index in [-0.39, 0.29) is 5.41 Å². The minimum Gasteiger partial charge on any atom is -0.299 e. The minimum atomic E-state index is -0.0417. The van der Waals surface area contributed by atoms with Crippen molar-refractivity contribution < 1.29 is 4.79 Å². The van der Waals surface area contributed by atoms with Gasteiger partial charge in [0.15, 0.2) is 0 Å². The van der Waals surface area contributed by atoms with Crippen LogP contribution in [0.15, 0.2) is 0 Å². The van der Waals surface area contributed by atoms with Crippen LogP contribution in [0.2, 0.25) is 0 Å². The van der Waals surface area contributed by atoms with Crippen LogP contribution in [0.5, 0.6) is 0 Å². The van der Waals surface area contributed by atoms with Crippen molar-refractivity contribution in [1.82, 2.24) is 0 Å². The molecule has 1 radical (unpaired) electrons. The molecule has 0 N–H and O–H groups in total. The van der Waals surface area contributed by atoms with Crippen LogP contribution in [-0.4, -0.2) is 5.78 Å². The van der Waals surface area contributed by atoms with Gasteiger partial charge >= 0.3 is 0 Å². The molecule has 0 bridgehead atoms. The summed E-state index contributed by atoms with van der Waals surface area (Å²) in [6.07, 6.45) is 3.80. The number of hydrogen-bond acceptors (Lipinski definition) is 1. The molecule has 0 aromatic rings. The van der Waals surface area contributed by atoms with Gasteiger partial charge in [-0.15, -0.1) is 0 Å². The first-order valence-corrected chi connectivity index (χ1v) is 3.00. The van der Waals surface area contributed by atoms with Crippen LogP contribution in [0, 0.1) is 11.8 Å². The first-order chi connectivity index (χ1) is 3.63. The van der Waals surface area contributed by atoms with Crippen LogP contribution in [0.3, 0.4) is 0 Å². The van der Waals surface area contributed by atoms with Gasteiger partial charge in [-0.3, -0.25) is 4.79 Å². The summed E-state index contributed by atoms with van der Waals surface area (Å²) >= 11 is 0. The Bertz CT molecular complexity index is 114. The van der Waals surface area contributed by atoms with Crippen molar-refractivity contribution in [3.8, 4) is 0 Å². The highest BCUT2D eigenvalue weighted by atomic mass is 16.1. The van der Waals surface area contributed by atoms with E-state index in [0.29, 0.717) is 5.78 Å². The normalized spacial score (nSPS) is 26.5. The number of hydrogen-bond donors (Lipinski definition) is 0. The van der Waals surface area contributed by atoms with Crippen LogP contribution in [-0.2, 0) is 4.79 Å². The van der Waals surface area contributed by atoms with E-state index >= 15 is 0 Å². The zero-order valence-electron chi connectivity index (χ0n) is 5.40. The standard InChI is InChI=1S/C7H11O/c1-7(2)5-3-4-6(7)8/h4H,3,5H2,1-2H3. The van der Waals surface area contributed by atoms with E-state index in [1.54, 1.807) is 6.42 Å². The fourth-order valence-electron chi connectivity index (χ4n) is 0.964. The lowest BCUT2D eigenvalue weighted by molar-refractivity contribution is -0.121. The van der Waals surface area contributed by atoms with Gasteiger partial charge in [0.2, 0.25) is 0 Å². The fourth-order valence-corrected chi connectivity index (χ4v) is 0.964. The zero-order valence-corrected chi connectivity index (χ0v) is 5.40. The van der Waals surface area contributed by atoms with Crippen molar-refractivity contribution in [3.63, 3.8) is 0 Å². The average Bonchev–Trinajstić information content (AvgIpc) is 1.86. The van der Waals surface area contributed by atoms with E-state index in [0.717, 1.165) is 12.8 Å². The molecule has 0 unspecified atom stereocenters. The van der Waals surface area contributed by atoms with Crippen molar-refractivity contribution in [2.75, 3.05) is 0 Å². The Hall–Kier alpha value is -0.330. The maximum Gasteiger partial charge on any atom is 0.142 e. The second-order valence-electron chi connectivity index (χ2n) is 2.99. The molecular formula is C7H11O. The highest BCUT2D eigenvalue weighted by Gasteiger charge is 2.32. The molecule has 0 spiro atoms. The van der Waals surface area contributed by atoms with Crippen molar-refractivity contribution in [1.29, 1.82) is 0 Å². The SMILES string of the molecule is CC1(C)CC[CH]C1=O. The highest BCUT2D eigenvalue weighted by molar-refractivity contribution is 5.93. The third-order valence-electron chi connectivity index (χ3n) is 1.77. The highest BCUT2D eigenvalue weighted by Crippen LogP contribution is 2.32. The van der Waals surface area contributed by atoms with Gasteiger partial charge in [-0.1, -0.05) is 13.8 Å². The topological polar surface area (TPSA) is 17.1 Å². The number of carbonyl (C=O) groups is 1. The Balaban J connectivity index is 2.68. The molecule has 1 aliphatic rings. The second-order valence-corrected chi connectivity index (χ2v) is 2.99. The van der Waals surface area contributed by atoms with E-state index in [1.165, 1.54) is 0 Å². The zero-order chi connectivity index (χ0) is 6.20. The number of rotatable bonds is 0. The van der Waals surface area contributed by atoms with Gasteiger partial charge in [0.25, 0.3) is 0 Å². The Morgan fingerprint density at radius 1 is 1.62 bits per heavy atom. The summed E-state index contributed by atoms with van der Waals surface area (Å²) in [5.41, 5.74) is -0.0417. The molecule has 1 fully saturated rings. The van der Waals surface area contributed by atoms with E-state index in [9.17, 15) is 4.79 Å². The minimum absolute atomic E-state index is 0.0417. The summed E-state index contributed by atoms with van der Waals surface area (Å²) in [5.74, 6) is 0.317. The molecule has 0 aromatic heterocycles. The van der Waals surface area contributed by atoms with Gasteiger partial charge in [0, 0.05) is 11.8 Å². The van der Waals surface area contributed by atoms with Crippen LogP contribution >= 0.6 is 0 Å².